The largest absolute Gasteiger partial charge is 0.506 e. The van der Waals surface area contributed by atoms with E-state index in [1.807, 2.05) is 5.92 Å². The lowest BCUT2D eigenvalue weighted by Crippen LogP contribution is -2.75. The number of hydrogen-bond acceptors (Lipinski definition) is 10. The Labute approximate surface area is 218 Å². The minimum Gasteiger partial charge on any atom is -0.506 e. The number of amides is 1. The maximum absolute atomic E-state index is 13.9. The molecule has 3 aliphatic rings. The molecule has 2 saturated carbocycles. The number of ketones is 3. The van der Waals surface area contributed by atoms with E-state index in [1.165, 1.54) is 11.0 Å². The molecular formula is C26H29N3O9. The Bertz CT molecular complexity index is 1340. The summed E-state index contributed by atoms with van der Waals surface area (Å²) in [6, 6.07) is 0.458. The van der Waals surface area contributed by atoms with Crippen LogP contribution in [-0.4, -0.2) is 100 Å². The van der Waals surface area contributed by atoms with Crippen molar-refractivity contribution >= 4 is 34.9 Å². The van der Waals surface area contributed by atoms with Gasteiger partial charge in [-0.3, -0.25) is 19.2 Å². The van der Waals surface area contributed by atoms with E-state index < -0.39 is 76.4 Å². The molecule has 7 atom stereocenters. The number of likely N-dealkylation sites (N-methyl/N-ethyl adjacent to an activating group) is 1. The number of aromatic hydroxyl groups is 1. The van der Waals surface area contributed by atoms with Crippen molar-refractivity contribution in [2.24, 2.45) is 29.4 Å². The van der Waals surface area contributed by atoms with Crippen LogP contribution in [0, 0.1) is 35.5 Å². The zero-order chi connectivity index (χ0) is 28.4. The number of nitrogens with two attached hydrogens (primary N) is 1. The highest BCUT2D eigenvalue weighted by Crippen LogP contribution is 2.52. The minimum absolute atomic E-state index is 0.0105. The van der Waals surface area contributed by atoms with Crippen LogP contribution in [0.1, 0.15) is 27.9 Å². The molecule has 3 unspecified atom stereocenters. The third kappa shape index (κ3) is 3.77. The summed E-state index contributed by atoms with van der Waals surface area (Å²) >= 11 is 0. The summed E-state index contributed by atoms with van der Waals surface area (Å²) in [5, 5.41) is 42.4. The highest BCUT2D eigenvalue weighted by atomic mass is 16.4. The molecule has 202 valence electrons. The number of anilines is 1. The second-order valence-electron chi connectivity index (χ2n) is 10.6. The van der Waals surface area contributed by atoms with Gasteiger partial charge in [-0.1, -0.05) is 5.92 Å². The van der Waals surface area contributed by atoms with E-state index in [-0.39, 0.29) is 24.0 Å². The highest BCUT2D eigenvalue weighted by Gasteiger charge is 2.69. The molecule has 3 aliphatic carbocycles. The fourth-order valence-corrected chi connectivity index (χ4v) is 6.48. The van der Waals surface area contributed by atoms with Gasteiger partial charge in [-0.05, 0) is 44.5 Å². The van der Waals surface area contributed by atoms with Crippen LogP contribution < -0.4 is 10.6 Å². The molecule has 0 spiro atoms. The average molecular weight is 528 g/mol. The van der Waals surface area contributed by atoms with Crippen molar-refractivity contribution in [2.75, 3.05) is 33.1 Å². The minimum atomic E-state index is -2.76. The quantitative estimate of drug-likeness (QED) is 0.219. The van der Waals surface area contributed by atoms with Crippen LogP contribution in [0.25, 0.3) is 0 Å². The van der Waals surface area contributed by atoms with Crippen LogP contribution in [0.2, 0.25) is 0 Å². The summed E-state index contributed by atoms with van der Waals surface area (Å²) in [5.74, 6) is -7.45. The zero-order valence-electron chi connectivity index (χ0n) is 21.3. The lowest BCUT2D eigenvalue weighted by molar-refractivity contribution is -0.190. The van der Waals surface area contributed by atoms with Crippen LogP contribution in [-0.2, 0) is 25.6 Å². The first-order chi connectivity index (χ1) is 17.6. The number of carbonyl (C=O) groups excluding carboxylic acids is 4. The van der Waals surface area contributed by atoms with Gasteiger partial charge in [0.1, 0.15) is 11.7 Å². The van der Waals surface area contributed by atoms with E-state index in [0.717, 1.165) is 0 Å². The van der Waals surface area contributed by atoms with Crippen LogP contribution in [0.4, 0.5) is 5.69 Å². The van der Waals surface area contributed by atoms with Crippen LogP contribution >= 0.6 is 0 Å². The number of Topliss-reactive ketones (excluding diaryl/α,β-unsaturated/α-hetero) is 3. The molecule has 0 saturated heterocycles. The molecule has 1 aromatic carbocycles. The van der Waals surface area contributed by atoms with E-state index in [1.54, 1.807) is 33.1 Å². The lowest BCUT2D eigenvalue weighted by Gasteiger charge is -2.55. The Balaban J connectivity index is 1.91. The van der Waals surface area contributed by atoms with Crippen molar-refractivity contribution in [2.45, 2.75) is 30.6 Å². The molecule has 2 fully saturated rings. The van der Waals surface area contributed by atoms with Gasteiger partial charge in [0, 0.05) is 37.7 Å². The smallest absolute Gasteiger partial charge is 0.382 e. The molecule has 0 aliphatic heterocycles. The van der Waals surface area contributed by atoms with Crippen molar-refractivity contribution in [3.63, 3.8) is 0 Å². The SMILES string of the molecule is CN(C)c1cc(C#CC(=O)O)c(O)c2c1C[C@@H]1C[C@@H]3[C@@H](N(C)C)C(O)C(C(N)=O)C(=O)[C@]3(O)C(=O)C1C2=O. The first-order valence-electron chi connectivity index (χ1n) is 11.9. The Morgan fingerprint density at radius 1 is 1.13 bits per heavy atom. The predicted octanol–water partition coefficient (Wildman–Crippen LogP) is -1.84. The predicted molar refractivity (Wildman–Crippen MR) is 131 cm³/mol. The van der Waals surface area contributed by atoms with Gasteiger partial charge in [0.05, 0.1) is 23.1 Å². The van der Waals surface area contributed by atoms with Gasteiger partial charge in [-0.15, -0.1) is 0 Å². The van der Waals surface area contributed by atoms with Crippen molar-refractivity contribution < 1.29 is 44.4 Å². The molecule has 38 heavy (non-hydrogen) atoms. The Kier molecular flexibility index (Phi) is 6.59. The van der Waals surface area contributed by atoms with Gasteiger partial charge in [0.15, 0.2) is 23.0 Å². The number of aliphatic hydroxyl groups excluding tert-OH is 1. The number of aliphatic hydroxyl groups is 2. The number of benzene rings is 1. The molecular weight excluding hydrogens is 498 g/mol. The summed E-state index contributed by atoms with van der Waals surface area (Å²) in [7, 11) is 6.51. The summed E-state index contributed by atoms with van der Waals surface area (Å²) in [5.41, 5.74) is 3.13. The number of rotatable bonds is 3. The fourth-order valence-electron chi connectivity index (χ4n) is 6.48. The number of hydrogen-bond donors (Lipinski definition) is 5. The second kappa shape index (κ2) is 9.20. The molecule has 1 aromatic rings. The first-order valence-corrected chi connectivity index (χ1v) is 11.9. The second-order valence-corrected chi connectivity index (χ2v) is 10.6. The van der Waals surface area contributed by atoms with E-state index in [2.05, 4.69) is 5.92 Å². The van der Waals surface area contributed by atoms with Gasteiger partial charge in [-0.25, -0.2) is 4.79 Å². The number of carboxylic acids is 1. The number of carboxylic acid groups (broad SMARTS) is 1. The topological polar surface area (TPSA) is 199 Å². The van der Waals surface area contributed by atoms with Crippen molar-refractivity contribution in [3.8, 4) is 17.6 Å². The fraction of sp³-hybridized carbons (Fsp3) is 0.500. The van der Waals surface area contributed by atoms with Crippen LogP contribution in [0.3, 0.4) is 0 Å². The molecule has 12 nitrogen and oxygen atoms in total. The van der Waals surface area contributed by atoms with E-state index in [0.29, 0.717) is 11.3 Å². The Morgan fingerprint density at radius 3 is 2.29 bits per heavy atom. The maximum Gasteiger partial charge on any atom is 0.382 e. The van der Waals surface area contributed by atoms with Gasteiger partial charge in [0.2, 0.25) is 5.91 Å². The Hall–Kier alpha value is -3.79. The number of carbonyl (C=O) groups is 5. The van der Waals surface area contributed by atoms with E-state index in [4.69, 9.17) is 10.8 Å². The normalized spacial score (nSPS) is 32.0. The standard InChI is InChI=1S/C26H29N3O9/c1-28(2)14-9-10(5-6-15(30)31)20(32)17-12(14)7-11-8-13-19(29(3)4)22(34)18(25(27)37)24(36)26(13,38)23(35)16(11)21(17)33/h9,11,13,16,18-19,22,32,34,38H,7-8H2,1-4H3,(H2,27,37)(H,30,31)/t11-,13-,16?,18?,19-,22?,26-/m1/s1. The number of phenols is 1. The third-order valence-corrected chi connectivity index (χ3v) is 8.05. The van der Waals surface area contributed by atoms with Crippen molar-refractivity contribution in [1.82, 2.24) is 4.90 Å². The van der Waals surface area contributed by atoms with Gasteiger partial charge < -0.3 is 36.0 Å². The molecule has 12 heteroatoms. The van der Waals surface area contributed by atoms with Gasteiger partial charge >= 0.3 is 5.97 Å². The lowest BCUT2D eigenvalue weighted by atomic mass is 9.52. The van der Waals surface area contributed by atoms with E-state index in [9.17, 15) is 39.3 Å². The van der Waals surface area contributed by atoms with Crippen molar-refractivity contribution in [1.29, 1.82) is 0 Å². The van der Waals surface area contributed by atoms with E-state index >= 15 is 0 Å². The van der Waals surface area contributed by atoms with Crippen LogP contribution in [0.15, 0.2) is 6.07 Å². The molecule has 1 amide bonds. The number of fused-ring (bicyclic) bond motifs is 3. The number of primary amides is 1. The monoisotopic (exact) mass is 527 g/mol. The number of aliphatic carboxylic acids is 1. The summed E-state index contributed by atoms with van der Waals surface area (Å²) in [4.78, 5) is 67.3. The zero-order valence-corrected chi connectivity index (χ0v) is 21.3. The average Bonchev–Trinajstić information content (AvgIpc) is 2.80. The molecule has 0 radical (unpaired) electrons. The molecule has 4 rings (SSSR count). The summed E-state index contributed by atoms with van der Waals surface area (Å²) in [6.07, 6.45) is -1.47. The molecule has 0 heterocycles. The van der Waals surface area contributed by atoms with Crippen LogP contribution in [0.5, 0.6) is 5.75 Å². The number of nitrogens with zero attached hydrogens (tertiary/aromatic N) is 2. The molecule has 0 bridgehead atoms. The molecule has 6 N–H and O–H groups in total. The first kappa shape index (κ1) is 27.3. The van der Waals surface area contributed by atoms with Gasteiger partial charge in [-0.2, -0.15) is 0 Å². The van der Waals surface area contributed by atoms with Crippen molar-refractivity contribution in [3.05, 3.63) is 22.8 Å². The maximum atomic E-state index is 13.9. The Morgan fingerprint density at radius 2 is 1.76 bits per heavy atom. The molecule has 0 aromatic heterocycles. The third-order valence-electron chi connectivity index (χ3n) is 8.05. The summed E-state index contributed by atoms with van der Waals surface area (Å²) < 4.78 is 0. The van der Waals surface area contributed by atoms with Gasteiger partial charge in [0.25, 0.3) is 0 Å². The highest BCUT2D eigenvalue weighted by molar-refractivity contribution is 6.25. The summed E-state index contributed by atoms with van der Waals surface area (Å²) in [6.45, 7) is 0. The number of phenolic OH excluding ortho intramolecular Hbond substituents is 1.